The number of hydrogen-bond donors (Lipinski definition) is 0. The molecule has 2 heterocycles. The summed E-state index contributed by atoms with van der Waals surface area (Å²) in [4.78, 5) is 15.3. The molecular weight excluding hydrogens is 300 g/mol. The SMILES string of the molecule is COc1cc(C(=O)N2CCCCCC2c2cccn2C)ccc1C. The second-order valence-corrected chi connectivity index (χ2v) is 6.59. The van der Waals surface area contributed by atoms with Crippen LogP contribution in [0.15, 0.2) is 36.5 Å². The van der Waals surface area contributed by atoms with Crippen LogP contribution in [0.1, 0.15) is 53.3 Å². The Bertz CT molecular complexity index is 720. The van der Waals surface area contributed by atoms with Gasteiger partial charge in [-0.2, -0.15) is 0 Å². The Morgan fingerprint density at radius 3 is 2.75 bits per heavy atom. The molecule has 1 amide bonds. The lowest BCUT2D eigenvalue weighted by Gasteiger charge is -2.31. The molecule has 0 N–H and O–H groups in total. The topological polar surface area (TPSA) is 34.5 Å². The number of ether oxygens (including phenoxy) is 1. The zero-order chi connectivity index (χ0) is 17.1. The van der Waals surface area contributed by atoms with E-state index in [0.717, 1.165) is 37.1 Å². The number of rotatable bonds is 3. The van der Waals surface area contributed by atoms with Gasteiger partial charge in [-0.3, -0.25) is 4.79 Å². The van der Waals surface area contributed by atoms with E-state index in [1.165, 1.54) is 12.1 Å². The van der Waals surface area contributed by atoms with E-state index in [4.69, 9.17) is 4.74 Å². The van der Waals surface area contributed by atoms with E-state index in [1.807, 2.05) is 30.0 Å². The lowest BCUT2D eigenvalue weighted by atomic mass is 10.0. The Hall–Kier alpha value is -2.23. The largest absolute Gasteiger partial charge is 0.496 e. The minimum Gasteiger partial charge on any atom is -0.496 e. The van der Waals surface area contributed by atoms with Gasteiger partial charge in [-0.25, -0.2) is 0 Å². The van der Waals surface area contributed by atoms with Gasteiger partial charge in [0.1, 0.15) is 5.75 Å². The van der Waals surface area contributed by atoms with Crippen LogP contribution in [0, 0.1) is 6.92 Å². The molecule has 0 bridgehead atoms. The highest BCUT2D eigenvalue weighted by atomic mass is 16.5. The van der Waals surface area contributed by atoms with Crippen LogP contribution in [0.25, 0.3) is 0 Å². The van der Waals surface area contributed by atoms with Gasteiger partial charge in [-0.1, -0.05) is 18.9 Å². The third kappa shape index (κ3) is 3.18. The molecule has 3 rings (SSSR count). The second-order valence-electron chi connectivity index (χ2n) is 6.59. The molecule has 4 nitrogen and oxygen atoms in total. The van der Waals surface area contributed by atoms with E-state index in [2.05, 4.69) is 29.9 Å². The van der Waals surface area contributed by atoms with Crippen LogP contribution >= 0.6 is 0 Å². The fraction of sp³-hybridized carbons (Fsp3) is 0.450. The number of amides is 1. The van der Waals surface area contributed by atoms with Gasteiger partial charge in [0.15, 0.2) is 0 Å². The Morgan fingerprint density at radius 1 is 1.21 bits per heavy atom. The first-order valence-electron chi connectivity index (χ1n) is 8.68. The standard InChI is InChI=1S/C20H26N2O2/c1-15-10-11-16(14-19(15)24-3)20(23)22-13-6-4-5-8-18(22)17-9-7-12-21(17)2/h7,9-12,14,18H,4-6,8,13H2,1-3H3. The molecule has 1 fully saturated rings. The number of benzene rings is 1. The normalized spacial score (nSPS) is 18.3. The summed E-state index contributed by atoms with van der Waals surface area (Å²) >= 11 is 0. The van der Waals surface area contributed by atoms with Crippen LogP contribution in [-0.4, -0.2) is 29.0 Å². The Morgan fingerprint density at radius 2 is 2.04 bits per heavy atom. The quantitative estimate of drug-likeness (QED) is 0.851. The fourth-order valence-electron chi connectivity index (χ4n) is 3.60. The average molecular weight is 326 g/mol. The molecule has 0 saturated carbocycles. The van der Waals surface area contributed by atoms with Crippen LogP contribution < -0.4 is 4.74 Å². The lowest BCUT2D eigenvalue weighted by Crippen LogP contribution is -2.35. The molecule has 1 aliphatic heterocycles. The maximum absolute atomic E-state index is 13.2. The predicted molar refractivity (Wildman–Crippen MR) is 95.4 cm³/mol. The summed E-state index contributed by atoms with van der Waals surface area (Å²) in [6.45, 7) is 2.80. The number of likely N-dealkylation sites (tertiary alicyclic amines) is 1. The number of carbonyl (C=O) groups is 1. The number of hydrogen-bond acceptors (Lipinski definition) is 2. The molecule has 1 saturated heterocycles. The first-order chi connectivity index (χ1) is 11.6. The van der Waals surface area contributed by atoms with Crippen LogP contribution in [0.3, 0.4) is 0 Å². The smallest absolute Gasteiger partial charge is 0.254 e. The Labute approximate surface area is 144 Å². The lowest BCUT2D eigenvalue weighted by molar-refractivity contribution is 0.0674. The Balaban J connectivity index is 1.94. The third-order valence-electron chi connectivity index (χ3n) is 4.99. The van der Waals surface area contributed by atoms with E-state index in [1.54, 1.807) is 7.11 Å². The van der Waals surface area contributed by atoms with Crippen LogP contribution in [0.2, 0.25) is 0 Å². The number of aryl methyl sites for hydroxylation is 2. The van der Waals surface area contributed by atoms with Crippen molar-refractivity contribution in [3.63, 3.8) is 0 Å². The van der Waals surface area contributed by atoms with E-state index in [-0.39, 0.29) is 11.9 Å². The van der Waals surface area contributed by atoms with Crippen molar-refractivity contribution in [2.75, 3.05) is 13.7 Å². The predicted octanol–water partition coefficient (Wildman–Crippen LogP) is 4.10. The van der Waals surface area contributed by atoms with Crippen LogP contribution in [-0.2, 0) is 7.05 Å². The van der Waals surface area contributed by atoms with Crippen LogP contribution in [0.5, 0.6) is 5.75 Å². The molecular formula is C20H26N2O2. The van der Waals surface area contributed by atoms with E-state index >= 15 is 0 Å². The molecule has 1 aliphatic rings. The minimum absolute atomic E-state index is 0.0985. The maximum Gasteiger partial charge on any atom is 0.254 e. The molecule has 1 aromatic carbocycles. The molecule has 1 aromatic heterocycles. The molecule has 1 atom stereocenters. The van der Waals surface area contributed by atoms with Gasteiger partial charge in [0.05, 0.1) is 13.2 Å². The number of carbonyl (C=O) groups excluding carboxylic acids is 1. The molecule has 4 heteroatoms. The van der Waals surface area contributed by atoms with Crippen molar-refractivity contribution in [3.05, 3.63) is 53.3 Å². The summed E-state index contributed by atoms with van der Waals surface area (Å²) in [7, 11) is 3.70. The zero-order valence-corrected chi connectivity index (χ0v) is 14.8. The fourth-order valence-corrected chi connectivity index (χ4v) is 3.60. The number of methoxy groups -OCH3 is 1. The summed E-state index contributed by atoms with van der Waals surface area (Å²) in [5, 5.41) is 0. The molecule has 0 aliphatic carbocycles. The first-order valence-corrected chi connectivity index (χ1v) is 8.68. The van der Waals surface area contributed by atoms with E-state index in [9.17, 15) is 4.79 Å². The van der Waals surface area contributed by atoms with Gasteiger partial charge in [-0.15, -0.1) is 0 Å². The third-order valence-corrected chi connectivity index (χ3v) is 4.99. The van der Waals surface area contributed by atoms with Crippen molar-refractivity contribution in [2.24, 2.45) is 7.05 Å². The number of aromatic nitrogens is 1. The summed E-state index contributed by atoms with van der Waals surface area (Å²) in [5.41, 5.74) is 2.96. The molecule has 0 radical (unpaired) electrons. The highest BCUT2D eigenvalue weighted by Crippen LogP contribution is 2.32. The van der Waals surface area contributed by atoms with Crippen molar-refractivity contribution >= 4 is 5.91 Å². The number of nitrogens with zero attached hydrogens (tertiary/aromatic N) is 2. The molecule has 24 heavy (non-hydrogen) atoms. The van der Waals surface area contributed by atoms with Gasteiger partial charge in [0, 0.05) is 31.0 Å². The van der Waals surface area contributed by atoms with Crippen molar-refractivity contribution in [1.29, 1.82) is 0 Å². The summed E-state index contributed by atoms with van der Waals surface area (Å²) in [6.07, 6.45) is 6.48. The highest BCUT2D eigenvalue weighted by molar-refractivity contribution is 5.95. The van der Waals surface area contributed by atoms with Crippen molar-refractivity contribution in [3.8, 4) is 5.75 Å². The maximum atomic E-state index is 13.2. The zero-order valence-electron chi connectivity index (χ0n) is 14.8. The van der Waals surface area contributed by atoms with E-state index in [0.29, 0.717) is 5.56 Å². The monoisotopic (exact) mass is 326 g/mol. The second kappa shape index (κ2) is 7.12. The van der Waals surface area contributed by atoms with Gasteiger partial charge in [-0.05, 0) is 49.6 Å². The minimum atomic E-state index is 0.0985. The average Bonchev–Trinajstić information content (AvgIpc) is 2.87. The van der Waals surface area contributed by atoms with Gasteiger partial charge < -0.3 is 14.2 Å². The van der Waals surface area contributed by atoms with Crippen molar-refractivity contribution in [2.45, 2.75) is 38.6 Å². The summed E-state index contributed by atoms with van der Waals surface area (Å²) in [6, 6.07) is 10.1. The first kappa shape index (κ1) is 16.6. The highest BCUT2D eigenvalue weighted by Gasteiger charge is 2.29. The summed E-state index contributed by atoms with van der Waals surface area (Å²) in [5.74, 6) is 0.868. The van der Waals surface area contributed by atoms with Crippen molar-refractivity contribution in [1.82, 2.24) is 9.47 Å². The van der Waals surface area contributed by atoms with E-state index < -0.39 is 0 Å². The molecule has 1 unspecified atom stereocenters. The van der Waals surface area contributed by atoms with Crippen molar-refractivity contribution < 1.29 is 9.53 Å². The molecule has 0 spiro atoms. The Kier molecular flexibility index (Phi) is 4.93. The molecule has 2 aromatic rings. The van der Waals surface area contributed by atoms with Gasteiger partial charge in [0.2, 0.25) is 0 Å². The van der Waals surface area contributed by atoms with Gasteiger partial charge >= 0.3 is 0 Å². The van der Waals surface area contributed by atoms with Crippen LogP contribution in [0.4, 0.5) is 0 Å². The van der Waals surface area contributed by atoms with Gasteiger partial charge in [0.25, 0.3) is 5.91 Å². The molecule has 128 valence electrons. The summed E-state index contributed by atoms with van der Waals surface area (Å²) < 4.78 is 7.52.